The van der Waals surface area contributed by atoms with Crippen molar-refractivity contribution in [3.63, 3.8) is 0 Å². The summed E-state index contributed by atoms with van der Waals surface area (Å²) in [5.74, 6) is 0.913. The highest BCUT2D eigenvalue weighted by molar-refractivity contribution is 5.79. The monoisotopic (exact) mass is 414 g/mol. The molecule has 2 saturated carbocycles. The number of rotatable bonds is 8. The van der Waals surface area contributed by atoms with E-state index in [9.17, 15) is 14.3 Å². The molecule has 2 aromatic rings. The van der Waals surface area contributed by atoms with Crippen LogP contribution in [0.5, 0.6) is 0 Å². The zero-order chi connectivity index (χ0) is 21.5. The topological polar surface area (TPSA) is 55.1 Å². The lowest BCUT2D eigenvalue weighted by molar-refractivity contribution is -0.120. The highest BCUT2D eigenvalue weighted by atomic mass is 19.1. The number of unbranched alkanes of at least 4 members (excludes halogenated alkanes) is 1. The van der Waals surface area contributed by atoms with E-state index in [0.29, 0.717) is 48.6 Å². The molecule has 30 heavy (non-hydrogen) atoms. The van der Waals surface area contributed by atoms with E-state index >= 15 is 0 Å². The fourth-order valence-electron chi connectivity index (χ4n) is 4.78. The van der Waals surface area contributed by atoms with Crippen molar-refractivity contribution in [1.82, 2.24) is 9.55 Å². The van der Waals surface area contributed by atoms with E-state index in [-0.39, 0.29) is 11.2 Å². The van der Waals surface area contributed by atoms with Gasteiger partial charge in [0.05, 0.1) is 11.1 Å². The van der Waals surface area contributed by atoms with E-state index < -0.39 is 5.60 Å². The van der Waals surface area contributed by atoms with Gasteiger partial charge in [0.1, 0.15) is 17.1 Å². The fourth-order valence-corrected chi connectivity index (χ4v) is 4.78. The Morgan fingerprint density at radius 3 is 2.53 bits per heavy atom. The number of fused-ring (bicyclic) bond motifs is 1. The van der Waals surface area contributed by atoms with Gasteiger partial charge in [-0.25, -0.2) is 9.37 Å². The van der Waals surface area contributed by atoms with Crippen LogP contribution in [0.1, 0.15) is 102 Å². The van der Waals surface area contributed by atoms with Crippen LogP contribution in [-0.2, 0) is 16.8 Å². The summed E-state index contributed by atoms with van der Waals surface area (Å²) in [6.07, 6.45) is 9.46. The molecule has 4 nitrogen and oxygen atoms in total. The van der Waals surface area contributed by atoms with Gasteiger partial charge >= 0.3 is 0 Å². The molecule has 0 spiro atoms. The van der Waals surface area contributed by atoms with Crippen LogP contribution in [0.4, 0.5) is 4.39 Å². The third-order valence-corrected chi connectivity index (χ3v) is 6.81. The smallest absolute Gasteiger partial charge is 0.151 e. The Bertz CT molecular complexity index is 933. The SMILES string of the molecule is CC(C)(C)CC(=O)CCCCc1nc2c(F)cc(C3(O)CCC3)cc2n1C1CCC1. The molecule has 2 fully saturated rings. The Morgan fingerprint density at radius 1 is 1.23 bits per heavy atom. The number of ketones is 1. The summed E-state index contributed by atoms with van der Waals surface area (Å²) in [4.78, 5) is 16.8. The number of imidazole rings is 1. The number of aryl methyl sites for hydroxylation is 1. The summed E-state index contributed by atoms with van der Waals surface area (Å²) in [5.41, 5.74) is 1.10. The highest BCUT2D eigenvalue weighted by Gasteiger charge is 2.37. The van der Waals surface area contributed by atoms with Gasteiger partial charge in [0.2, 0.25) is 0 Å². The largest absolute Gasteiger partial charge is 0.385 e. The van der Waals surface area contributed by atoms with Crippen LogP contribution < -0.4 is 0 Å². The van der Waals surface area contributed by atoms with E-state index in [1.807, 2.05) is 6.07 Å². The molecular weight excluding hydrogens is 379 g/mol. The standard InChI is InChI=1S/C25H35FN2O2/c1-24(2,3)16-19(29)10-4-5-11-22-27-23-20(26)14-17(25(30)12-7-13-25)15-21(23)28(22)18-8-6-9-18/h14-15,18,30H,4-13,16H2,1-3H3. The normalized spacial score (nSPS) is 19.0. The summed E-state index contributed by atoms with van der Waals surface area (Å²) < 4.78 is 17.2. The number of benzene rings is 1. The Hall–Kier alpha value is -1.75. The van der Waals surface area contributed by atoms with Crippen LogP contribution in [0.2, 0.25) is 0 Å². The molecule has 1 N–H and O–H groups in total. The first-order valence-electron chi connectivity index (χ1n) is 11.6. The maximum Gasteiger partial charge on any atom is 0.151 e. The van der Waals surface area contributed by atoms with Crippen molar-refractivity contribution in [2.24, 2.45) is 5.41 Å². The molecule has 164 valence electrons. The Kier molecular flexibility index (Phi) is 5.78. The predicted molar refractivity (Wildman–Crippen MR) is 117 cm³/mol. The molecule has 0 bridgehead atoms. The Labute approximate surface area is 178 Å². The number of hydrogen-bond acceptors (Lipinski definition) is 3. The number of aromatic nitrogens is 2. The van der Waals surface area contributed by atoms with Gasteiger partial charge in [-0.15, -0.1) is 0 Å². The zero-order valence-electron chi connectivity index (χ0n) is 18.6. The lowest BCUT2D eigenvalue weighted by atomic mass is 9.75. The number of halogens is 1. The summed E-state index contributed by atoms with van der Waals surface area (Å²) >= 11 is 0. The van der Waals surface area contributed by atoms with Crippen molar-refractivity contribution in [3.8, 4) is 0 Å². The van der Waals surface area contributed by atoms with Crippen molar-refractivity contribution in [2.75, 3.05) is 0 Å². The minimum Gasteiger partial charge on any atom is -0.385 e. The first-order valence-corrected chi connectivity index (χ1v) is 11.6. The van der Waals surface area contributed by atoms with Gasteiger partial charge < -0.3 is 9.67 Å². The number of Topliss-reactive ketones (excluding diaryl/α,β-unsaturated/α-hetero) is 1. The minimum absolute atomic E-state index is 0.0367. The van der Waals surface area contributed by atoms with E-state index in [0.717, 1.165) is 49.9 Å². The highest BCUT2D eigenvalue weighted by Crippen LogP contribution is 2.43. The second-order valence-corrected chi connectivity index (χ2v) is 10.7. The molecule has 1 aromatic carbocycles. The molecule has 2 aliphatic carbocycles. The number of nitrogens with zero attached hydrogens (tertiary/aromatic N) is 2. The third kappa shape index (κ3) is 4.32. The number of carbonyl (C=O) groups excluding carboxylic acids is 1. The molecule has 0 unspecified atom stereocenters. The first kappa shape index (κ1) is 21.5. The van der Waals surface area contributed by atoms with Gasteiger partial charge in [0.25, 0.3) is 0 Å². The zero-order valence-corrected chi connectivity index (χ0v) is 18.6. The molecule has 2 aliphatic rings. The summed E-state index contributed by atoms with van der Waals surface area (Å²) in [7, 11) is 0. The summed E-state index contributed by atoms with van der Waals surface area (Å²) in [5, 5.41) is 10.8. The van der Waals surface area contributed by atoms with Gasteiger partial charge in [0, 0.05) is 25.3 Å². The van der Waals surface area contributed by atoms with Crippen LogP contribution in [0.15, 0.2) is 12.1 Å². The van der Waals surface area contributed by atoms with Crippen molar-refractivity contribution in [3.05, 3.63) is 29.3 Å². The first-order chi connectivity index (χ1) is 14.2. The predicted octanol–water partition coefficient (Wildman–Crippen LogP) is 5.99. The molecule has 0 saturated heterocycles. The molecule has 5 heteroatoms. The molecule has 0 aliphatic heterocycles. The Balaban J connectivity index is 1.53. The van der Waals surface area contributed by atoms with Crippen LogP contribution in [0, 0.1) is 11.2 Å². The maximum atomic E-state index is 14.9. The second-order valence-electron chi connectivity index (χ2n) is 10.7. The molecule has 0 amide bonds. The maximum absolute atomic E-state index is 14.9. The van der Waals surface area contributed by atoms with E-state index in [1.165, 1.54) is 12.5 Å². The fraction of sp³-hybridized carbons (Fsp3) is 0.680. The molecule has 0 atom stereocenters. The third-order valence-electron chi connectivity index (χ3n) is 6.81. The van der Waals surface area contributed by atoms with Crippen LogP contribution in [0.3, 0.4) is 0 Å². The Morgan fingerprint density at radius 2 is 1.97 bits per heavy atom. The average molecular weight is 415 g/mol. The number of hydrogen-bond donors (Lipinski definition) is 1. The minimum atomic E-state index is -0.878. The molecule has 1 aromatic heterocycles. The number of aliphatic hydroxyl groups is 1. The van der Waals surface area contributed by atoms with Crippen molar-refractivity contribution < 1.29 is 14.3 Å². The second kappa shape index (κ2) is 8.07. The van der Waals surface area contributed by atoms with E-state index in [2.05, 4.69) is 30.3 Å². The number of carbonyl (C=O) groups is 1. The van der Waals surface area contributed by atoms with Crippen molar-refractivity contribution in [2.45, 2.75) is 103 Å². The molecule has 4 rings (SSSR count). The lowest BCUT2D eigenvalue weighted by Gasteiger charge is -2.37. The van der Waals surface area contributed by atoms with Gasteiger partial charge in [-0.3, -0.25) is 4.79 Å². The van der Waals surface area contributed by atoms with E-state index in [1.54, 1.807) is 0 Å². The van der Waals surface area contributed by atoms with Crippen LogP contribution >= 0.6 is 0 Å². The quantitative estimate of drug-likeness (QED) is 0.540. The van der Waals surface area contributed by atoms with Crippen LogP contribution in [0.25, 0.3) is 11.0 Å². The molecule has 1 heterocycles. The van der Waals surface area contributed by atoms with Gasteiger partial charge in [0.15, 0.2) is 5.82 Å². The van der Waals surface area contributed by atoms with Crippen molar-refractivity contribution in [1.29, 1.82) is 0 Å². The summed E-state index contributed by atoms with van der Waals surface area (Å²) in [6, 6.07) is 3.83. The van der Waals surface area contributed by atoms with Gasteiger partial charge in [-0.2, -0.15) is 0 Å². The van der Waals surface area contributed by atoms with Crippen molar-refractivity contribution >= 4 is 16.8 Å². The lowest BCUT2D eigenvalue weighted by Crippen LogP contribution is -2.33. The molecule has 0 radical (unpaired) electrons. The van der Waals surface area contributed by atoms with Crippen LogP contribution in [-0.4, -0.2) is 20.4 Å². The summed E-state index contributed by atoms with van der Waals surface area (Å²) in [6.45, 7) is 6.28. The van der Waals surface area contributed by atoms with Gasteiger partial charge in [-0.1, -0.05) is 20.8 Å². The van der Waals surface area contributed by atoms with Gasteiger partial charge in [-0.05, 0) is 74.5 Å². The van der Waals surface area contributed by atoms with E-state index in [4.69, 9.17) is 0 Å². The average Bonchev–Trinajstić information content (AvgIpc) is 2.93. The molecular formula is C25H35FN2O2.